The molecule has 0 spiro atoms. The van der Waals surface area contributed by atoms with Crippen molar-refractivity contribution in [1.29, 1.82) is 0 Å². The topological polar surface area (TPSA) is 76.4 Å². The van der Waals surface area contributed by atoms with E-state index >= 15 is 0 Å². The average molecular weight is 540 g/mol. The van der Waals surface area contributed by atoms with Crippen LogP contribution in [0, 0.1) is 6.92 Å². The summed E-state index contributed by atoms with van der Waals surface area (Å²) < 4.78 is 45.9. The molecule has 2 rings (SSSR count). The molecule has 2 aromatic rings. The van der Waals surface area contributed by atoms with Crippen LogP contribution in [0.2, 0.25) is 0 Å². The Labute approximate surface area is 191 Å². The van der Waals surface area contributed by atoms with Crippen LogP contribution in [-0.4, -0.2) is 40.5 Å². The van der Waals surface area contributed by atoms with Gasteiger partial charge in [-0.05, 0) is 38.0 Å². The number of hydrogen-bond donors (Lipinski definition) is 2. The van der Waals surface area contributed by atoms with E-state index < -0.39 is 11.7 Å². The fourth-order valence-corrected chi connectivity index (χ4v) is 2.48. The molecule has 0 saturated carbocycles. The molecule has 1 aromatic carbocycles. The second kappa shape index (κ2) is 12.7. The minimum atomic E-state index is -4.37. The van der Waals surface area contributed by atoms with Gasteiger partial charge in [-0.1, -0.05) is 12.1 Å². The number of benzene rings is 1. The minimum Gasteiger partial charge on any atom is -0.382 e. The number of nitrogens with zero attached hydrogens (tertiary/aromatic N) is 4. The Morgan fingerprint density at radius 1 is 1.23 bits per heavy atom. The van der Waals surface area contributed by atoms with E-state index in [4.69, 9.17) is 4.74 Å². The van der Waals surface area contributed by atoms with Gasteiger partial charge >= 0.3 is 6.18 Å². The number of halogens is 4. The van der Waals surface area contributed by atoms with Crippen LogP contribution in [0.15, 0.2) is 29.3 Å². The number of alkyl halides is 3. The molecule has 168 valence electrons. The SMILES string of the molecule is CCOCCCNC(=NCc1cccc(C(F)(F)F)c1)NCc1nnc(C)n1C.I. The van der Waals surface area contributed by atoms with Gasteiger partial charge in [0.2, 0.25) is 0 Å². The van der Waals surface area contributed by atoms with E-state index in [1.165, 1.54) is 6.07 Å². The number of guanidine groups is 1. The predicted octanol–water partition coefficient (Wildman–Crippen LogP) is 3.42. The summed E-state index contributed by atoms with van der Waals surface area (Å²) in [6, 6.07) is 5.17. The number of aliphatic imine (C=N–C) groups is 1. The Morgan fingerprint density at radius 2 is 2.00 bits per heavy atom. The Bertz CT molecular complexity index is 810. The van der Waals surface area contributed by atoms with Crippen molar-refractivity contribution < 1.29 is 17.9 Å². The molecule has 0 aliphatic carbocycles. The highest BCUT2D eigenvalue weighted by Crippen LogP contribution is 2.29. The average Bonchev–Trinajstić information content (AvgIpc) is 3.01. The van der Waals surface area contributed by atoms with Gasteiger partial charge in [0, 0.05) is 26.8 Å². The van der Waals surface area contributed by atoms with Crippen LogP contribution in [0.3, 0.4) is 0 Å². The highest BCUT2D eigenvalue weighted by atomic mass is 127. The van der Waals surface area contributed by atoms with Crippen LogP contribution in [0.25, 0.3) is 0 Å². The molecule has 0 radical (unpaired) electrons. The molecule has 1 aromatic heterocycles. The largest absolute Gasteiger partial charge is 0.416 e. The maximum absolute atomic E-state index is 12.9. The second-order valence-electron chi connectivity index (χ2n) is 6.42. The third-order valence-electron chi connectivity index (χ3n) is 4.23. The van der Waals surface area contributed by atoms with Gasteiger partial charge in [-0.2, -0.15) is 13.2 Å². The molecule has 30 heavy (non-hydrogen) atoms. The van der Waals surface area contributed by atoms with Crippen molar-refractivity contribution in [1.82, 2.24) is 25.4 Å². The number of ether oxygens (including phenoxy) is 1. The summed E-state index contributed by atoms with van der Waals surface area (Å²) in [4.78, 5) is 4.42. The molecule has 2 N–H and O–H groups in total. The number of aryl methyl sites for hydroxylation is 1. The third-order valence-corrected chi connectivity index (χ3v) is 4.23. The fraction of sp³-hybridized carbons (Fsp3) is 0.526. The first-order valence-electron chi connectivity index (χ1n) is 9.42. The minimum absolute atomic E-state index is 0. The van der Waals surface area contributed by atoms with Crippen molar-refractivity contribution in [3.8, 4) is 0 Å². The van der Waals surface area contributed by atoms with Crippen molar-refractivity contribution in [3.63, 3.8) is 0 Å². The molecule has 0 amide bonds. The van der Waals surface area contributed by atoms with Crippen LogP contribution in [0.1, 0.15) is 36.1 Å². The summed E-state index contributed by atoms with van der Waals surface area (Å²) in [5.74, 6) is 2.00. The van der Waals surface area contributed by atoms with Gasteiger partial charge < -0.3 is 19.9 Å². The summed E-state index contributed by atoms with van der Waals surface area (Å²) in [5, 5.41) is 14.4. The summed E-state index contributed by atoms with van der Waals surface area (Å²) in [6.45, 7) is 6.17. The standard InChI is InChI=1S/C19H27F3N6O.HI/c1-4-29-10-6-9-23-18(25-13-17-27-26-14(2)28(17)3)24-12-15-7-5-8-16(11-15)19(20,21)22;/h5,7-8,11H,4,6,9-10,12-13H2,1-3H3,(H2,23,24,25);1H. The zero-order valence-electron chi connectivity index (χ0n) is 17.3. The van der Waals surface area contributed by atoms with Crippen LogP contribution in [-0.2, 0) is 31.1 Å². The number of hydrogen-bond acceptors (Lipinski definition) is 4. The smallest absolute Gasteiger partial charge is 0.382 e. The van der Waals surface area contributed by atoms with Gasteiger partial charge in [-0.25, -0.2) is 4.99 Å². The van der Waals surface area contributed by atoms with Gasteiger partial charge in [-0.3, -0.25) is 0 Å². The summed E-state index contributed by atoms with van der Waals surface area (Å²) >= 11 is 0. The van der Waals surface area contributed by atoms with Gasteiger partial charge in [-0.15, -0.1) is 34.2 Å². The molecule has 1 heterocycles. The fourth-order valence-electron chi connectivity index (χ4n) is 2.48. The third kappa shape index (κ3) is 8.46. The summed E-state index contributed by atoms with van der Waals surface area (Å²) in [5.41, 5.74) is -0.205. The zero-order valence-corrected chi connectivity index (χ0v) is 19.6. The van der Waals surface area contributed by atoms with Crippen molar-refractivity contribution in [3.05, 3.63) is 47.0 Å². The van der Waals surface area contributed by atoms with E-state index in [-0.39, 0.29) is 30.5 Å². The molecule has 0 unspecified atom stereocenters. The molecule has 11 heteroatoms. The Kier molecular flexibility index (Phi) is 11.1. The van der Waals surface area contributed by atoms with Gasteiger partial charge in [0.15, 0.2) is 11.8 Å². The maximum Gasteiger partial charge on any atom is 0.416 e. The molecule has 7 nitrogen and oxygen atoms in total. The van der Waals surface area contributed by atoms with E-state index in [9.17, 15) is 13.2 Å². The van der Waals surface area contributed by atoms with E-state index in [0.717, 1.165) is 30.2 Å². The molecule has 0 aliphatic rings. The van der Waals surface area contributed by atoms with Crippen LogP contribution in [0.5, 0.6) is 0 Å². The first-order chi connectivity index (χ1) is 13.8. The first-order valence-corrected chi connectivity index (χ1v) is 9.42. The Balaban J connectivity index is 0.00000450. The van der Waals surface area contributed by atoms with Crippen LogP contribution < -0.4 is 10.6 Å². The van der Waals surface area contributed by atoms with Gasteiger partial charge in [0.1, 0.15) is 5.82 Å². The number of nitrogens with one attached hydrogen (secondary N) is 2. The molecule has 0 saturated heterocycles. The van der Waals surface area contributed by atoms with E-state index in [0.29, 0.717) is 37.8 Å². The monoisotopic (exact) mass is 540 g/mol. The molecular formula is C19H28F3IN6O. The molecule has 0 bridgehead atoms. The Morgan fingerprint density at radius 3 is 2.63 bits per heavy atom. The van der Waals surface area contributed by atoms with Crippen molar-refractivity contribution in [2.45, 2.75) is 39.5 Å². The lowest BCUT2D eigenvalue weighted by molar-refractivity contribution is -0.137. The predicted molar refractivity (Wildman–Crippen MR) is 120 cm³/mol. The highest BCUT2D eigenvalue weighted by Gasteiger charge is 2.30. The Hall–Kier alpha value is -1.89. The maximum atomic E-state index is 12.9. The number of rotatable bonds is 9. The van der Waals surface area contributed by atoms with E-state index in [2.05, 4.69) is 25.8 Å². The van der Waals surface area contributed by atoms with E-state index in [1.54, 1.807) is 6.07 Å². The lowest BCUT2D eigenvalue weighted by Crippen LogP contribution is -2.38. The zero-order chi connectivity index (χ0) is 21.3. The first kappa shape index (κ1) is 26.1. The van der Waals surface area contributed by atoms with Crippen LogP contribution >= 0.6 is 24.0 Å². The molecule has 0 fully saturated rings. The highest BCUT2D eigenvalue weighted by molar-refractivity contribution is 14.0. The summed E-state index contributed by atoms with van der Waals surface area (Å²) in [6.07, 6.45) is -3.59. The number of aromatic nitrogens is 3. The van der Waals surface area contributed by atoms with Gasteiger partial charge in [0.25, 0.3) is 0 Å². The van der Waals surface area contributed by atoms with Crippen molar-refractivity contribution in [2.24, 2.45) is 12.0 Å². The quantitative estimate of drug-likeness (QED) is 0.221. The molecule has 0 aliphatic heterocycles. The molecular weight excluding hydrogens is 512 g/mol. The van der Waals surface area contributed by atoms with Crippen LogP contribution in [0.4, 0.5) is 13.2 Å². The van der Waals surface area contributed by atoms with Crippen molar-refractivity contribution in [2.75, 3.05) is 19.8 Å². The van der Waals surface area contributed by atoms with Gasteiger partial charge in [0.05, 0.1) is 18.7 Å². The lowest BCUT2D eigenvalue weighted by Gasteiger charge is -2.13. The lowest BCUT2D eigenvalue weighted by atomic mass is 10.1. The van der Waals surface area contributed by atoms with Crippen molar-refractivity contribution >= 4 is 29.9 Å². The normalized spacial score (nSPS) is 11.9. The second-order valence-corrected chi connectivity index (χ2v) is 6.42. The molecule has 0 atom stereocenters. The summed E-state index contributed by atoms with van der Waals surface area (Å²) in [7, 11) is 1.86. The van der Waals surface area contributed by atoms with E-state index in [1.807, 2.05) is 25.5 Å².